The molecular weight excluding hydrogens is 936 g/mol. The summed E-state index contributed by atoms with van der Waals surface area (Å²) in [6.45, 7) is 4.48. The van der Waals surface area contributed by atoms with Crippen LogP contribution in [0.25, 0.3) is 0 Å². The van der Waals surface area contributed by atoms with Crippen LogP contribution >= 0.6 is 7.82 Å². The Hall–Kier alpha value is -3.36. The van der Waals surface area contributed by atoms with Crippen LogP contribution in [-0.4, -0.2) is 68.5 Å². The van der Waals surface area contributed by atoms with Gasteiger partial charge in [0.25, 0.3) is 7.82 Å². The van der Waals surface area contributed by atoms with Crippen LogP contribution in [0.15, 0.2) is 134 Å². The predicted molar refractivity (Wildman–Crippen MR) is 320 cm³/mol. The van der Waals surface area contributed by atoms with E-state index in [1.54, 1.807) is 6.08 Å². The minimum atomic E-state index is -4.62. The van der Waals surface area contributed by atoms with Crippen LogP contribution in [0.3, 0.4) is 0 Å². The van der Waals surface area contributed by atoms with Gasteiger partial charge in [0.15, 0.2) is 0 Å². The van der Waals surface area contributed by atoms with Crippen LogP contribution in [0.2, 0.25) is 0 Å². The lowest BCUT2D eigenvalue weighted by atomic mass is 10.1. The molecule has 0 heterocycles. The molecule has 0 aromatic rings. The number of allylic oxidation sites excluding steroid dienone is 21. The molecule has 0 radical (unpaired) electrons. The maximum atomic E-state index is 13.0. The molecule has 1 amide bonds. The number of phosphoric ester groups is 1. The summed E-state index contributed by atoms with van der Waals surface area (Å²) in [4.78, 5) is 25.5. The van der Waals surface area contributed by atoms with E-state index in [9.17, 15) is 19.4 Å². The molecule has 3 unspecified atom stereocenters. The smallest absolute Gasteiger partial charge is 0.268 e. The highest BCUT2D eigenvalue weighted by Gasteiger charge is 2.23. The molecule has 0 aliphatic heterocycles. The highest BCUT2D eigenvalue weighted by atomic mass is 31.2. The fourth-order valence-corrected chi connectivity index (χ4v) is 8.45. The lowest BCUT2D eigenvalue weighted by Crippen LogP contribution is -2.45. The quantitative estimate of drug-likeness (QED) is 0.0272. The van der Waals surface area contributed by atoms with Crippen molar-refractivity contribution in [3.63, 3.8) is 0 Å². The summed E-state index contributed by atoms with van der Waals surface area (Å²) in [5, 5.41) is 13.9. The van der Waals surface area contributed by atoms with Gasteiger partial charge in [-0.15, -0.1) is 0 Å². The zero-order chi connectivity index (χ0) is 54.2. The van der Waals surface area contributed by atoms with E-state index in [1.165, 1.54) is 89.9 Å². The van der Waals surface area contributed by atoms with E-state index in [0.29, 0.717) is 17.4 Å². The van der Waals surface area contributed by atoms with Gasteiger partial charge in [0.1, 0.15) is 13.2 Å². The normalized spacial score (nSPS) is 14.9. The maximum absolute atomic E-state index is 13.0. The lowest BCUT2D eigenvalue weighted by Gasteiger charge is -2.29. The highest BCUT2D eigenvalue weighted by molar-refractivity contribution is 7.45. The fraction of sp³-hybridized carbons (Fsp3) is 0.646. The van der Waals surface area contributed by atoms with Crippen molar-refractivity contribution in [1.82, 2.24) is 5.32 Å². The summed E-state index contributed by atoms with van der Waals surface area (Å²) in [5.41, 5.74) is 0. The number of aliphatic hydroxyl groups is 1. The van der Waals surface area contributed by atoms with Gasteiger partial charge in [-0.2, -0.15) is 0 Å². The van der Waals surface area contributed by atoms with Crippen LogP contribution in [0, 0.1) is 0 Å². The first kappa shape index (κ1) is 70.6. The average Bonchev–Trinajstić information content (AvgIpc) is 3.36. The molecule has 0 bridgehead atoms. The minimum Gasteiger partial charge on any atom is -0.756 e. The Bertz CT molecular complexity index is 1660. The Morgan fingerprint density at radius 2 is 0.838 bits per heavy atom. The van der Waals surface area contributed by atoms with Gasteiger partial charge in [-0.25, -0.2) is 0 Å². The van der Waals surface area contributed by atoms with Crippen molar-refractivity contribution in [3.8, 4) is 0 Å². The van der Waals surface area contributed by atoms with E-state index in [1.807, 2.05) is 27.2 Å². The number of amides is 1. The maximum Gasteiger partial charge on any atom is 0.268 e. The molecule has 0 aromatic carbocycles. The number of unbranched alkanes of at least 4 members (excludes halogenated alkanes) is 19. The van der Waals surface area contributed by atoms with Crippen molar-refractivity contribution in [3.05, 3.63) is 134 Å². The van der Waals surface area contributed by atoms with Crippen molar-refractivity contribution < 1.29 is 32.9 Å². The topological polar surface area (TPSA) is 108 Å². The molecule has 422 valence electrons. The second-order valence-electron chi connectivity index (χ2n) is 20.6. The van der Waals surface area contributed by atoms with Crippen LogP contribution in [0.4, 0.5) is 0 Å². The highest BCUT2D eigenvalue weighted by Crippen LogP contribution is 2.38. The number of carbonyl (C=O) groups is 1. The standard InChI is InChI=1S/C65H111N2O6P/c1-6-8-10-12-14-16-18-20-22-24-26-27-28-29-30-31-32-33-34-35-36-37-38-39-41-43-45-47-49-51-53-55-57-59-65(69)66-63(62-73-74(70,71)72-61-60-67(3,4)5)64(68)58-56-54-52-50-48-46-44-42-40-25-23-21-19-17-15-13-11-9-7-2/h8,10,14,16,20,22,26-27,29-30,32-33,35-36,38-40,42,48,50,56,58,63-64,68H,6-7,9,11-13,15,17-19,21,23-25,28,31,34,37,41,43-47,49,51-55,57,59-62H2,1-5H3,(H-,66,69,70,71)/b10-8-,16-14-,22-20-,27-26-,30-29-,33-32-,36-35-,39-38-,42-40+,50-48+,58-56+. The molecule has 0 spiro atoms. The van der Waals surface area contributed by atoms with E-state index in [4.69, 9.17) is 9.05 Å². The van der Waals surface area contributed by atoms with Crippen LogP contribution in [0.5, 0.6) is 0 Å². The second kappa shape index (κ2) is 54.4. The zero-order valence-corrected chi connectivity index (χ0v) is 48.9. The number of quaternary nitrogens is 1. The molecule has 74 heavy (non-hydrogen) atoms. The summed E-state index contributed by atoms with van der Waals surface area (Å²) in [6.07, 6.45) is 82.4. The first-order chi connectivity index (χ1) is 36.0. The van der Waals surface area contributed by atoms with Crippen molar-refractivity contribution >= 4 is 13.7 Å². The molecule has 9 heteroatoms. The van der Waals surface area contributed by atoms with Crippen LogP contribution < -0.4 is 10.2 Å². The summed E-state index contributed by atoms with van der Waals surface area (Å²) in [6, 6.07) is -0.925. The number of nitrogens with one attached hydrogen (secondary N) is 1. The van der Waals surface area contributed by atoms with Gasteiger partial charge >= 0.3 is 0 Å². The Labute approximate surface area is 456 Å². The molecule has 0 aromatic heterocycles. The molecule has 0 saturated carbocycles. The molecule has 0 aliphatic carbocycles. The van der Waals surface area contributed by atoms with Gasteiger partial charge in [-0.05, 0) is 109 Å². The van der Waals surface area contributed by atoms with Crippen molar-refractivity contribution in [2.45, 2.75) is 231 Å². The molecule has 0 fully saturated rings. The van der Waals surface area contributed by atoms with Gasteiger partial charge in [0.05, 0.1) is 39.9 Å². The third-order valence-electron chi connectivity index (χ3n) is 12.3. The van der Waals surface area contributed by atoms with E-state index in [2.05, 4.69) is 141 Å². The number of likely N-dealkylation sites (N-methyl/N-ethyl adjacent to an activating group) is 1. The van der Waals surface area contributed by atoms with Crippen LogP contribution in [-0.2, 0) is 18.4 Å². The Balaban J connectivity index is 4.29. The van der Waals surface area contributed by atoms with Gasteiger partial charge in [0.2, 0.25) is 5.91 Å². The van der Waals surface area contributed by atoms with Gasteiger partial charge < -0.3 is 28.8 Å². The molecule has 0 aliphatic rings. The SMILES string of the molecule is CC/C=C\C/C=C\C/C=C\C/C=C\C/C=C\C/C=C\C/C=C\C/C=C\CCCCCCCCCCC(=O)NC(COP(=O)([O-])OCC[N+](C)(C)C)C(O)/C=C/CC/C=C/CC/C=C/CCCCCCCCCCC. The summed E-state index contributed by atoms with van der Waals surface area (Å²) < 4.78 is 23.3. The first-order valence-corrected chi connectivity index (χ1v) is 31.0. The number of nitrogens with zero attached hydrogens (tertiary/aromatic N) is 1. The number of carbonyl (C=O) groups excluding carboxylic acids is 1. The Kier molecular flexibility index (Phi) is 52.0. The third kappa shape index (κ3) is 56.4. The van der Waals surface area contributed by atoms with Gasteiger partial charge in [0, 0.05) is 6.42 Å². The zero-order valence-electron chi connectivity index (χ0n) is 48.0. The van der Waals surface area contributed by atoms with Gasteiger partial charge in [-0.3, -0.25) is 9.36 Å². The predicted octanol–water partition coefficient (Wildman–Crippen LogP) is 17.7. The van der Waals surface area contributed by atoms with Gasteiger partial charge in [-0.1, -0.05) is 237 Å². The Morgan fingerprint density at radius 3 is 1.26 bits per heavy atom. The monoisotopic (exact) mass is 1050 g/mol. The third-order valence-corrected chi connectivity index (χ3v) is 13.3. The van der Waals surface area contributed by atoms with E-state index in [0.717, 1.165) is 109 Å². The van der Waals surface area contributed by atoms with Crippen molar-refractivity contribution in [2.75, 3.05) is 40.9 Å². The first-order valence-electron chi connectivity index (χ1n) is 29.5. The van der Waals surface area contributed by atoms with E-state index >= 15 is 0 Å². The van der Waals surface area contributed by atoms with Crippen LogP contribution in [0.1, 0.15) is 219 Å². The number of hydrogen-bond acceptors (Lipinski definition) is 6. The average molecular weight is 1050 g/mol. The lowest BCUT2D eigenvalue weighted by molar-refractivity contribution is -0.870. The Morgan fingerprint density at radius 1 is 0.486 bits per heavy atom. The van der Waals surface area contributed by atoms with E-state index in [-0.39, 0.29) is 12.5 Å². The minimum absolute atomic E-state index is 0.0178. The molecule has 0 saturated heterocycles. The second-order valence-corrected chi connectivity index (χ2v) is 22.0. The van der Waals surface area contributed by atoms with Crippen molar-refractivity contribution in [1.29, 1.82) is 0 Å². The summed E-state index contributed by atoms with van der Waals surface area (Å²) in [7, 11) is 1.21. The number of aliphatic hydroxyl groups excluding tert-OH is 1. The number of rotatable bonds is 52. The molecule has 3 atom stereocenters. The summed E-state index contributed by atoms with van der Waals surface area (Å²) in [5.74, 6) is -0.226. The molecule has 2 N–H and O–H groups in total. The van der Waals surface area contributed by atoms with E-state index < -0.39 is 26.6 Å². The summed E-state index contributed by atoms with van der Waals surface area (Å²) >= 11 is 0. The molecule has 0 rings (SSSR count). The number of hydrogen-bond donors (Lipinski definition) is 2. The molecule has 8 nitrogen and oxygen atoms in total. The van der Waals surface area contributed by atoms with Crippen molar-refractivity contribution in [2.24, 2.45) is 0 Å². The fourth-order valence-electron chi connectivity index (χ4n) is 7.73. The number of phosphoric acid groups is 1. The largest absolute Gasteiger partial charge is 0.756 e. The molecular formula is C65H111N2O6P.